The Morgan fingerprint density at radius 2 is 1.74 bits per heavy atom. The number of ether oxygens (including phenoxy) is 3. The number of nitrogens with zero attached hydrogens (tertiary/aromatic N) is 4. The average Bonchev–Trinajstić information content (AvgIpc) is 3.34. The lowest BCUT2D eigenvalue weighted by Gasteiger charge is -2.12. The van der Waals surface area contributed by atoms with Gasteiger partial charge < -0.3 is 23.2 Å². The molecule has 0 amide bonds. The van der Waals surface area contributed by atoms with Gasteiger partial charge in [0.25, 0.3) is 5.22 Å². The van der Waals surface area contributed by atoms with Gasteiger partial charge in [-0.2, -0.15) is 4.98 Å². The van der Waals surface area contributed by atoms with E-state index in [2.05, 4.69) is 20.3 Å². The Kier molecular flexibility index (Phi) is 5.84. The third kappa shape index (κ3) is 4.16. The number of benzene rings is 1. The van der Waals surface area contributed by atoms with Crippen molar-refractivity contribution in [1.29, 1.82) is 0 Å². The van der Waals surface area contributed by atoms with Crippen molar-refractivity contribution in [2.24, 2.45) is 0 Å². The molecule has 27 heavy (non-hydrogen) atoms. The molecule has 2 heterocycles. The second-order valence-electron chi connectivity index (χ2n) is 5.78. The smallest absolute Gasteiger partial charge is 0.277 e. The largest absolute Gasteiger partial charge is 0.493 e. The Balaban J connectivity index is 1.77. The average molecular weight is 392 g/mol. The molecule has 0 radical (unpaired) electrons. The molecule has 0 fully saturated rings. The number of aromatic nitrogens is 4. The van der Waals surface area contributed by atoms with E-state index in [0.29, 0.717) is 51.4 Å². The van der Waals surface area contributed by atoms with E-state index < -0.39 is 0 Å². The van der Waals surface area contributed by atoms with Gasteiger partial charge in [-0.15, -0.1) is 10.2 Å². The number of thioether (sulfide) groups is 1. The van der Waals surface area contributed by atoms with Crippen LogP contribution in [-0.2, 0) is 5.75 Å². The quantitative estimate of drug-likeness (QED) is 0.528. The molecule has 0 N–H and O–H groups in total. The highest BCUT2D eigenvalue weighted by Crippen LogP contribution is 2.41. The Morgan fingerprint density at radius 3 is 2.30 bits per heavy atom. The summed E-state index contributed by atoms with van der Waals surface area (Å²) in [5.74, 6) is 3.68. The molecular formula is C17H20N4O5S. The van der Waals surface area contributed by atoms with Crippen molar-refractivity contribution in [1.82, 2.24) is 20.3 Å². The van der Waals surface area contributed by atoms with Crippen LogP contribution >= 0.6 is 11.8 Å². The van der Waals surface area contributed by atoms with E-state index in [0.717, 1.165) is 0 Å². The molecule has 0 unspecified atom stereocenters. The van der Waals surface area contributed by atoms with Crippen molar-refractivity contribution in [2.45, 2.75) is 30.7 Å². The molecule has 0 bridgehead atoms. The van der Waals surface area contributed by atoms with Gasteiger partial charge in [0, 0.05) is 11.5 Å². The third-order valence-electron chi connectivity index (χ3n) is 3.64. The summed E-state index contributed by atoms with van der Waals surface area (Å²) in [5.41, 5.74) is 0.656. The number of hydrogen-bond acceptors (Lipinski definition) is 10. The third-order valence-corrected chi connectivity index (χ3v) is 4.44. The summed E-state index contributed by atoms with van der Waals surface area (Å²) in [5, 5.41) is 12.5. The molecule has 0 aliphatic carbocycles. The summed E-state index contributed by atoms with van der Waals surface area (Å²) in [6, 6.07) is 3.49. The van der Waals surface area contributed by atoms with E-state index in [1.165, 1.54) is 11.8 Å². The van der Waals surface area contributed by atoms with Crippen LogP contribution < -0.4 is 14.2 Å². The first-order chi connectivity index (χ1) is 13.0. The monoisotopic (exact) mass is 392 g/mol. The maximum absolute atomic E-state index is 5.72. The predicted molar refractivity (Wildman–Crippen MR) is 97.3 cm³/mol. The van der Waals surface area contributed by atoms with Crippen LogP contribution in [0.2, 0.25) is 0 Å². The zero-order valence-corrected chi connectivity index (χ0v) is 16.5. The Morgan fingerprint density at radius 1 is 1.04 bits per heavy atom. The number of hydrogen-bond donors (Lipinski definition) is 0. The molecule has 0 spiro atoms. The van der Waals surface area contributed by atoms with Crippen LogP contribution in [0, 0.1) is 0 Å². The number of rotatable bonds is 8. The van der Waals surface area contributed by atoms with Gasteiger partial charge in [-0.05, 0) is 12.1 Å². The van der Waals surface area contributed by atoms with E-state index in [9.17, 15) is 0 Å². The summed E-state index contributed by atoms with van der Waals surface area (Å²) in [6.07, 6.45) is 0. The van der Waals surface area contributed by atoms with Crippen LogP contribution in [-0.4, -0.2) is 41.7 Å². The molecule has 0 aliphatic heterocycles. The molecule has 2 aromatic heterocycles. The highest BCUT2D eigenvalue weighted by Gasteiger charge is 2.18. The number of methoxy groups -OCH3 is 3. The van der Waals surface area contributed by atoms with E-state index in [-0.39, 0.29) is 5.92 Å². The summed E-state index contributed by atoms with van der Waals surface area (Å²) in [4.78, 5) is 4.32. The van der Waals surface area contributed by atoms with Crippen molar-refractivity contribution < 1.29 is 23.2 Å². The Labute approximate surface area is 160 Å². The van der Waals surface area contributed by atoms with E-state index in [1.807, 2.05) is 13.8 Å². The van der Waals surface area contributed by atoms with Crippen molar-refractivity contribution in [3.05, 3.63) is 23.8 Å². The molecule has 0 atom stereocenters. The van der Waals surface area contributed by atoms with Gasteiger partial charge in [0.1, 0.15) is 0 Å². The minimum absolute atomic E-state index is 0.211. The standard InChI is InChI=1S/C17H20N4O5S/c1-9(2)15-18-13(26-21-15)8-27-17-20-19-16(25-17)10-6-11(22-3)14(24-5)12(7-10)23-4/h6-7,9H,8H2,1-5H3. The minimum Gasteiger partial charge on any atom is -0.493 e. The first kappa shape index (κ1) is 19.0. The van der Waals surface area contributed by atoms with Gasteiger partial charge in [-0.1, -0.05) is 30.8 Å². The lowest BCUT2D eigenvalue weighted by molar-refractivity contribution is 0.324. The molecule has 3 rings (SSSR count). The molecule has 0 saturated heterocycles. The summed E-state index contributed by atoms with van der Waals surface area (Å²) < 4.78 is 26.9. The predicted octanol–water partition coefficient (Wildman–Crippen LogP) is 3.56. The molecule has 0 aliphatic rings. The van der Waals surface area contributed by atoms with Crippen LogP contribution in [0.4, 0.5) is 0 Å². The van der Waals surface area contributed by atoms with Crippen LogP contribution in [0.25, 0.3) is 11.5 Å². The van der Waals surface area contributed by atoms with Crippen LogP contribution in [0.3, 0.4) is 0 Å². The van der Waals surface area contributed by atoms with Gasteiger partial charge >= 0.3 is 0 Å². The van der Waals surface area contributed by atoms with Crippen molar-refractivity contribution in [3.63, 3.8) is 0 Å². The van der Waals surface area contributed by atoms with Crippen LogP contribution in [0.5, 0.6) is 17.2 Å². The van der Waals surface area contributed by atoms with Gasteiger partial charge in [-0.3, -0.25) is 0 Å². The normalized spacial score (nSPS) is 11.0. The van der Waals surface area contributed by atoms with Crippen LogP contribution in [0.1, 0.15) is 31.5 Å². The molecule has 3 aromatic rings. The molecule has 1 aromatic carbocycles. The molecule has 0 saturated carbocycles. The fourth-order valence-corrected chi connectivity index (χ4v) is 2.87. The van der Waals surface area contributed by atoms with Gasteiger partial charge in [-0.25, -0.2) is 0 Å². The first-order valence-electron chi connectivity index (χ1n) is 8.14. The molecular weight excluding hydrogens is 372 g/mol. The van der Waals surface area contributed by atoms with Crippen molar-refractivity contribution in [2.75, 3.05) is 21.3 Å². The van der Waals surface area contributed by atoms with E-state index in [1.54, 1.807) is 33.5 Å². The van der Waals surface area contributed by atoms with Gasteiger partial charge in [0.05, 0.1) is 27.1 Å². The van der Waals surface area contributed by atoms with Crippen molar-refractivity contribution >= 4 is 11.8 Å². The molecule has 9 nitrogen and oxygen atoms in total. The fourth-order valence-electron chi connectivity index (χ4n) is 2.27. The molecule has 144 valence electrons. The topological polar surface area (TPSA) is 106 Å². The van der Waals surface area contributed by atoms with Crippen LogP contribution in [0.15, 0.2) is 26.3 Å². The SMILES string of the molecule is COc1cc(-c2nnc(SCc3nc(C(C)C)no3)o2)cc(OC)c1OC. The second kappa shape index (κ2) is 8.30. The Hall–Kier alpha value is -2.75. The highest BCUT2D eigenvalue weighted by atomic mass is 32.2. The van der Waals surface area contributed by atoms with Gasteiger partial charge in [0.2, 0.25) is 17.5 Å². The lowest BCUT2D eigenvalue weighted by atomic mass is 10.2. The fraction of sp³-hybridized carbons (Fsp3) is 0.412. The maximum atomic E-state index is 5.72. The lowest BCUT2D eigenvalue weighted by Crippen LogP contribution is -1.95. The maximum Gasteiger partial charge on any atom is 0.277 e. The summed E-state index contributed by atoms with van der Waals surface area (Å²) in [7, 11) is 4.64. The highest BCUT2D eigenvalue weighted by molar-refractivity contribution is 7.98. The second-order valence-corrected chi connectivity index (χ2v) is 6.70. The molecule has 10 heteroatoms. The Bertz CT molecular complexity index is 883. The zero-order valence-electron chi connectivity index (χ0n) is 15.7. The minimum atomic E-state index is 0.211. The van der Waals surface area contributed by atoms with E-state index >= 15 is 0 Å². The first-order valence-corrected chi connectivity index (χ1v) is 9.13. The van der Waals surface area contributed by atoms with E-state index in [4.69, 9.17) is 23.2 Å². The zero-order chi connectivity index (χ0) is 19.4. The summed E-state index contributed by atoms with van der Waals surface area (Å²) in [6.45, 7) is 4.01. The van der Waals surface area contributed by atoms with Crippen molar-refractivity contribution in [3.8, 4) is 28.7 Å². The summed E-state index contributed by atoms with van der Waals surface area (Å²) >= 11 is 1.32. The van der Waals surface area contributed by atoms with Gasteiger partial charge in [0.15, 0.2) is 17.3 Å².